The first kappa shape index (κ1) is 11.7. The van der Waals surface area contributed by atoms with Crippen molar-refractivity contribution in [3.8, 4) is 0 Å². The van der Waals surface area contributed by atoms with Crippen molar-refractivity contribution in [2.75, 3.05) is 26.9 Å². The van der Waals surface area contributed by atoms with E-state index in [9.17, 15) is 0 Å². The van der Waals surface area contributed by atoms with Gasteiger partial charge in [0.05, 0.1) is 19.3 Å². The largest absolute Gasteiger partial charge is 0.479 e. The zero-order valence-corrected chi connectivity index (χ0v) is 10.1. The van der Waals surface area contributed by atoms with Crippen LogP contribution in [0.15, 0.2) is 12.0 Å². The molecule has 0 spiro atoms. The monoisotopic (exact) mass is 226 g/mol. The molecular formula is C12H22N2O2. The van der Waals surface area contributed by atoms with E-state index < -0.39 is 0 Å². The first-order valence-electron chi connectivity index (χ1n) is 6.25. The maximum atomic E-state index is 5.66. The zero-order chi connectivity index (χ0) is 11.2. The van der Waals surface area contributed by atoms with Crippen LogP contribution in [0.4, 0.5) is 0 Å². The fourth-order valence-corrected chi connectivity index (χ4v) is 2.29. The number of hydrazine groups is 1. The molecule has 1 fully saturated rings. The van der Waals surface area contributed by atoms with Crippen LogP contribution >= 0.6 is 0 Å². The van der Waals surface area contributed by atoms with Gasteiger partial charge in [0, 0.05) is 13.7 Å². The van der Waals surface area contributed by atoms with E-state index in [4.69, 9.17) is 9.47 Å². The molecule has 0 aromatic rings. The maximum absolute atomic E-state index is 5.66. The molecule has 16 heavy (non-hydrogen) atoms. The standard InChI is InChI=1S/C12H22N2O2/c1-15-10-11-6-5-8-14(11)13-12-7-3-2-4-9-16-12/h7,11,13H,2-6,8-10H2,1H3/t11-/m0/s1. The molecule has 2 heterocycles. The van der Waals surface area contributed by atoms with Gasteiger partial charge in [-0.1, -0.05) is 0 Å². The van der Waals surface area contributed by atoms with Crippen LogP contribution in [0.1, 0.15) is 32.1 Å². The Morgan fingerprint density at radius 1 is 1.50 bits per heavy atom. The SMILES string of the molecule is COC[C@@H]1CCCN1NC1=CCCCCO1. The minimum absolute atomic E-state index is 0.484. The second-order valence-electron chi connectivity index (χ2n) is 4.47. The van der Waals surface area contributed by atoms with Crippen LogP contribution in [-0.4, -0.2) is 37.9 Å². The fourth-order valence-electron chi connectivity index (χ4n) is 2.29. The Balaban J connectivity index is 1.85. The van der Waals surface area contributed by atoms with Crippen LogP contribution in [0.2, 0.25) is 0 Å². The van der Waals surface area contributed by atoms with Gasteiger partial charge in [0.25, 0.3) is 0 Å². The van der Waals surface area contributed by atoms with E-state index in [0.717, 1.165) is 38.5 Å². The van der Waals surface area contributed by atoms with Gasteiger partial charge in [-0.2, -0.15) is 0 Å². The molecule has 4 heteroatoms. The van der Waals surface area contributed by atoms with E-state index in [1.807, 2.05) is 0 Å². The summed E-state index contributed by atoms with van der Waals surface area (Å²) in [5, 5.41) is 2.25. The van der Waals surface area contributed by atoms with Gasteiger partial charge in [0.2, 0.25) is 0 Å². The summed E-state index contributed by atoms with van der Waals surface area (Å²) in [7, 11) is 1.76. The molecule has 1 atom stereocenters. The number of hydrogen-bond donors (Lipinski definition) is 1. The Kier molecular flexibility index (Phi) is 4.48. The topological polar surface area (TPSA) is 33.7 Å². The molecule has 0 unspecified atom stereocenters. The van der Waals surface area contributed by atoms with Crippen molar-refractivity contribution in [3.63, 3.8) is 0 Å². The first-order chi connectivity index (χ1) is 7.90. The third-order valence-electron chi connectivity index (χ3n) is 3.18. The summed E-state index contributed by atoms with van der Waals surface area (Å²) in [5.74, 6) is 0.931. The third-order valence-corrected chi connectivity index (χ3v) is 3.18. The Labute approximate surface area is 97.6 Å². The molecule has 2 aliphatic rings. The fraction of sp³-hybridized carbons (Fsp3) is 0.833. The number of hydrogen-bond acceptors (Lipinski definition) is 4. The predicted octanol–water partition coefficient (Wildman–Crippen LogP) is 1.64. The number of rotatable bonds is 4. The van der Waals surface area contributed by atoms with Gasteiger partial charge < -0.3 is 9.47 Å². The van der Waals surface area contributed by atoms with E-state index in [2.05, 4.69) is 16.5 Å². The minimum Gasteiger partial charge on any atom is -0.479 e. The van der Waals surface area contributed by atoms with Crippen molar-refractivity contribution in [2.45, 2.75) is 38.1 Å². The molecule has 0 bridgehead atoms. The number of methoxy groups -OCH3 is 1. The minimum atomic E-state index is 0.484. The summed E-state index contributed by atoms with van der Waals surface area (Å²) in [6, 6.07) is 0.484. The van der Waals surface area contributed by atoms with Crippen molar-refractivity contribution in [1.29, 1.82) is 0 Å². The lowest BCUT2D eigenvalue weighted by Gasteiger charge is -2.26. The highest BCUT2D eigenvalue weighted by Crippen LogP contribution is 2.17. The molecule has 1 saturated heterocycles. The zero-order valence-electron chi connectivity index (χ0n) is 10.1. The van der Waals surface area contributed by atoms with Crippen LogP contribution < -0.4 is 5.43 Å². The average Bonchev–Trinajstić information content (AvgIpc) is 2.56. The average molecular weight is 226 g/mol. The highest BCUT2D eigenvalue weighted by atomic mass is 16.5. The second kappa shape index (κ2) is 6.11. The smallest absolute Gasteiger partial charge is 0.197 e. The van der Waals surface area contributed by atoms with Crippen molar-refractivity contribution in [1.82, 2.24) is 10.4 Å². The normalized spacial score (nSPS) is 27.1. The lowest BCUT2D eigenvalue weighted by atomic mass is 10.2. The summed E-state index contributed by atoms with van der Waals surface area (Å²) in [6.07, 6.45) is 8.10. The lowest BCUT2D eigenvalue weighted by Crippen LogP contribution is -2.43. The van der Waals surface area contributed by atoms with Gasteiger partial charge in [-0.15, -0.1) is 0 Å². The number of nitrogens with one attached hydrogen (secondary N) is 1. The number of allylic oxidation sites excluding steroid dienone is 1. The van der Waals surface area contributed by atoms with E-state index in [1.54, 1.807) is 7.11 Å². The van der Waals surface area contributed by atoms with E-state index in [-0.39, 0.29) is 0 Å². The molecule has 0 radical (unpaired) electrons. The number of ether oxygens (including phenoxy) is 2. The lowest BCUT2D eigenvalue weighted by molar-refractivity contribution is 0.0632. The van der Waals surface area contributed by atoms with Crippen LogP contribution in [0, 0.1) is 0 Å². The molecule has 0 aliphatic carbocycles. The van der Waals surface area contributed by atoms with Crippen LogP contribution in [0.25, 0.3) is 0 Å². The van der Waals surface area contributed by atoms with Gasteiger partial charge in [-0.05, 0) is 38.2 Å². The summed E-state index contributed by atoms with van der Waals surface area (Å²) < 4.78 is 10.9. The van der Waals surface area contributed by atoms with Crippen molar-refractivity contribution < 1.29 is 9.47 Å². The van der Waals surface area contributed by atoms with Crippen LogP contribution in [-0.2, 0) is 9.47 Å². The Morgan fingerprint density at radius 2 is 2.44 bits per heavy atom. The van der Waals surface area contributed by atoms with Gasteiger partial charge in [0.1, 0.15) is 0 Å². The summed E-state index contributed by atoms with van der Waals surface area (Å²) in [5.41, 5.74) is 3.38. The molecule has 92 valence electrons. The molecular weight excluding hydrogens is 204 g/mol. The molecule has 0 amide bonds. The van der Waals surface area contributed by atoms with Crippen molar-refractivity contribution in [2.24, 2.45) is 0 Å². The van der Waals surface area contributed by atoms with Crippen LogP contribution in [0.5, 0.6) is 0 Å². The third kappa shape index (κ3) is 3.12. The molecule has 1 N–H and O–H groups in total. The first-order valence-corrected chi connectivity index (χ1v) is 6.25. The van der Waals surface area contributed by atoms with Crippen LogP contribution in [0.3, 0.4) is 0 Å². The highest BCUT2D eigenvalue weighted by molar-refractivity contribution is 4.93. The molecule has 4 nitrogen and oxygen atoms in total. The Bertz CT molecular complexity index is 243. The molecule has 0 aromatic carbocycles. The van der Waals surface area contributed by atoms with Gasteiger partial charge >= 0.3 is 0 Å². The molecule has 0 aromatic heterocycles. The second-order valence-corrected chi connectivity index (χ2v) is 4.47. The van der Waals surface area contributed by atoms with Gasteiger partial charge in [-0.25, -0.2) is 5.01 Å². The van der Waals surface area contributed by atoms with E-state index in [1.165, 1.54) is 19.3 Å². The Morgan fingerprint density at radius 3 is 3.31 bits per heavy atom. The van der Waals surface area contributed by atoms with E-state index >= 15 is 0 Å². The highest BCUT2D eigenvalue weighted by Gasteiger charge is 2.25. The summed E-state index contributed by atoms with van der Waals surface area (Å²) in [4.78, 5) is 0. The molecule has 2 rings (SSSR count). The molecule has 0 saturated carbocycles. The van der Waals surface area contributed by atoms with Crippen molar-refractivity contribution >= 4 is 0 Å². The number of nitrogens with zero attached hydrogens (tertiary/aromatic N) is 1. The maximum Gasteiger partial charge on any atom is 0.197 e. The van der Waals surface area contributed by atoms with Gasteiger partial charge in [-0.3, -0.25) is 5.43 Å². The van der Waals surface area contributed by atoms with Gasteiger partial charge in [0.15, 0.2) is 5.88 Å². The van der Waals surface area contributed by atoms with E-state index in [0.29, 0.717) is 6.04 Å². The molecule has 2 aliphatic heterocycles. The summed E-state index contributed by atoms with van der Waals surface area (Å²) >= 11 is 0. The summed E-state index contributed by atoms with van der Waals surface area (Å²) in [6.45, 7) is 2.70. The van der Waals surface area contributed by atoms with Crippen molar-refractivity contribution in [3.05, 3.63) is 12.0 Å². The quantitative estimate of drug-likeness (QED) is 0.790. The predicted molar refractivity (Wildman–Crippen MR) is 62.6 cm³/mol. The Hall–Kier alpha value is -0.740.